The second-order valence-corrected chi connectivity index (χ2v) is 11.7. The number of para-hydroxylation sites is 1. The Morgan fingerprint density at radius 3 is 2.73 bits per heavy atom. The summed E-state index contributed by atoms with van der Waals surface area (Å²) in [6, 6.07) is 13.5. The summed E-state index contributed by atoms with van der Waals surface area (Å²) >= 11 is 0. The standard InChI is InChI=1S/C28H35N3O5S/c1-35-28(32)31-18-13-25-22(19-31)5-4-8-27(25)37(33,34)29-14-9-21-10-15-30(16-11-21)17-12-23-20-36-26-7-3-2-6-24(23)26/h2-8,20-21,29H,9-19H2,1H3. The fraction of sp³-hybridized carbons (Fsp3) is 0.464. The van der Waals surface area contributed by atoms with Crippen molar-refractivity contribution in [1.29, 1.82) is 0 Å². The van der Waals surface area contributed by atoms with Crippen LogP contribution in [0, 0.1) is 5.92 Å². The Labute approximate surface area is 218 Å². The van der Waals surface area contributed by atoms with Crippen LogP contribution in [0.4, 0.5) is 4.79 Å². The minimum absolute atomic E-state index is 0.330. The van der Waals surface area contributed by atoms with E-state index in [1.807, 2.05) is 30.5 Å². The van der Waals surface area contributed by atoms with Crippen molar-refractivity contribution in [3.63, 3.8) is 0 Å². The van der Waals surface area contributed by atoms with Crippen LogP contribution in [-0.2, 0) is 34.1 Å². The van der Waals surface area contributed by atoms with Gasteiger partial charge in [0.05, 0.1) is 18.3 Å². The number of nitrogens with zero attached hydrogens (tertiary/aromatic N) is 2. The largest absolute Gasteiger partial charge is 0.464 e. The maximum absolute atomic E-state index is 13.1. The highest BCUT2D eigenvalue weighted by molar-refractivity contribution is 7.89. The van der Waals surface area contributed by atoms with Crippen molar-refractivity contribution in [3.05, 3.63) is 65.4 Å². The van der Waals surface area contributed by atoms with E-state index in [2.05, 4.69) is 15.7 Å². The van der Waals surface area contributed by atoms with Crippen molar-refractivity contribution in [2.24, 2.45) is 5.92 Å². The first-order valence-electron chi connectivity index (χ1n) is 13.1. The molecular weight excluding hydrogens is 490 g/mol. The number of ether oxygens (including phenoxy) is 1. The normalized spacial score (nSPS) is 17.2. The lowest BCUT2D eigenvalue weighted by molar-refractivity contribution is 0.118. The van der Waals surface area contributed by atoms with Crippen LogP contribution < -0.4 is 4.72 Å². The zero-order chi connectivity index (χ0) is 25.8. The second kappa shape index (κ2) is 11.2. The van der Waals surface area contributed by atoms with Gasteiger partial charge in [-0.25, -0.2) is 17.9 Å². The van der Waals surface area contributed by atoms with Crippen LogP contribution in [-0.4, -0.2) is 64.1 Å². The average molecular weight is 526 g/mol. The van der Waals surface area contributed by atoms with Gasteiger partial charge in [-0.1, -0.05) is 30.3 Å². The molecule has 5 rings (SSSR count). The van der Waals surface area contributed by atoms with E-state index in [0.717, 1.165) is 62.0 Å². The summed E-state index contributed by atoms with van der Waals surface area (Å²) < 4.78 is 39.6. The number of benzene rings is 2. The lowest BCUT2D eigenvalue weighted by Gasteiger charge is -2.32. The summed E-state index contributed by atoms with van der Waals surface area (Å²) in [5.74, 6) is 0.520. The van der Waals surface area contributed by atoms with Gasteiger partial charge in [0.1, 0.15) is 5.58 Å². The molecule has 2 aliphatic heterocycles. The molecule has 0 unspecified atom stereocenters. The van der Waals surface area contributed by atoms with Gasteiger partial charge in [0.15, 0.2) is 0 Å². The average Bonchev–Trinajstić information content (AvgIpc) is 3.34. The topological polar surface area (TPSA) is 92.1 Å². The Balaban J connectivity index is 1.08. The number of rotatable bonds is 8. The molecule has 8 nitrogen and oxygen atoms in total. The number of likely N-dealkylation sites (tertiary alicyclic amines) is 1. The van der Waals surface area contributed by atoms with Crippen molar-refractivity contribution >= 4 is 27.1 Å². The zero-order valence-corrected chi connectivity index (χ0v) is 22.1. The number of fused-ring (bicyclic) bond motifs is 2. The predicted molar refractivity (Wildman–Crippen MR) is 142 cm³/mol. The van der Waals surface area contributed by atoms with Crippen molar-refractivity contribution in [2.75, 3.05) is 39.8 Å². The van der Waals surface area contributed by atoms with Crippen LogP contribution >= 0.6 is 0 Å². The monoisotopic (exact) mass is 525 g/mol. The van der Waals surface area contributed by atoms with Gasteiger partial charge in [-0.2, -0.15) is 0 Å². The first-order valence-corrected chi connectivity index (χ1v) is 14.5. The molecular formula is C28H35N3O5S. The van der Waals surface area contributed by atoms with Gasteiger partial charge in [0.25, 0.3) is 0 Å². The summed E-state index contributed by atoms with van der Waals surface area (Å²) in [6.07, 6.45) is 5.95. The first-order chi connectivity index (χ1) is 17.9. The molecule has 0 spiro atoms. The Kier molecular flexibility index (Phi) is 7.83. The minimum Gasteiger partial charge on any atom is -0.464 e. The SMILES string of the molecule is COC(=O)N1CCc2c(cccc2S(=O)(=O)NCCC2CCN(CCc3coc4ccccc34)CC2)C1. The molecule has 3 aromatic rings. The molecule has 1 aromatic heterocycles. The molecule has 1 fully saturated rings. The van der Waals surface area contributed by atoms with E-state index in [9.17, 15) is 13.2 Å². The number of carbonyl (C=O) groups is 1. The van der Waals surface area contributed by atoms with Gasteiger partial charge < -0.3 is 19.0 Å². The highest BCUT2D eigenvalue weighted by Crippen LogP contribution is 2.27. The maximum atomic E-state index is 13.1. The minimum atomic E-state index is -3.61. The van der Waals surface area contributed by atoms with E-state index in [0.29, 0.717) is 36.9 Å². The van der Waals surface area contributed by atoms with Crippen LogP contribution in [0.25, 0.3) is 11.0 Å². The highest BCUT2D eigenvalue weighted by atomic mass is 32.2. The third-order valence-electron chi connectivity index (χ3n) is 7.76. The predicted octanol–water partition coefficient (Wildman–Crippen LogP) is 4.18. The molecule has 3 heterocycles. The molecule has 0 bridgehead atoms. The smallest absolute Gasteiger partial charge is 0.409 e. The third kappa shape index (κ3) is 5.84. The van der Waals surface area contributed by atoms with E-state index in [4.69, 9.17) is 9.15 Å². The van der Waals surface area contributed by atoms with E-state index in [1.54, 1.807) is 17.0 Å². The number of amides is 1. The van der Waals surface area contributed by atoms with Gasteiger partial charge >= 0.3 is 6.09 Å². The Bertz CT molecular complexity index is 1340. The second-order valence-electron chi connectivity index (χ2n) is 10.0. The number of sulfonamides is 1. The molecule has 0 atom stereocenters. The van der Waals surface area contributed by atoms with Gasteiger partial charge in [-0.3, -0.25) is 0 Å². The number of nitrogens with one attached hydrogen (secondary N) is 1. The number of furan rings is 1. The molecule has 198 valence electrons. The van der Waals surface area contributed by atoms with Gasteiger partial charge in [-0.05, 0) is 79.9 Å². The third-order valence-corrected chi connectivity index (χ3v) is 9.30. The lowest BCUT2D eigenvalue weighted by Crippen LogP contribution is -2.37. The van der Waals surface area contributed by atoms with Gasteiger partial charge in [-0.15, -0.1) is 0 Å². The van der Waals surface area contributed by atoms with E-state index in [-0.39, 0.29) is 0 Å². The maximum Gasteiger partial charge on any atom is 0.409 e. The van der Waals surface area contributed by atoms with Crippen molar-refractivity contribution < 1.29 is 22.4 Å². The quantitative estimate of drug-likeness (QED) is 0.474. The van der Waals surface area contributed by atoms with Gasteiger partial charge in [0, 0.05) is 31.6 Å². The number of methoxy groups -OCH3 is 1. The molecule has 2 aromatic carbocycles. The molecule has 0 radical (unpaired) electrons. The van der Waals surface area contributed by atoms with Crippen molar-refractivity contribution in [2.45, 2.75) is 43.5 Å². The van der Waals surface area contributed by atoms with E-state index >= 15 is 0 Å². The highest BCUT2D eigenvalue weighted by Gasteiger charge is 2.27. The summed E-state index contributed by atoms with van der Waals surface area (Å²) in [7, 11) is -2.26. The fourth-order valence-corrected chi connectivity index (χ4v) is 6.95. The number of carbonyl (C=O) groups excluding carboxylic acids is 1. The number of hydrogen-bond donors (Lipinski definition) is 1. The number of piperidine rings is 1. The molecule has 9 heteroatoms. The van der Waals surface area contributed by atoms with Crippen LogP contribution in [0.1, 0.15) is 36.0 Å². The molecule has 1 saturated heterocycles. The summed E-state index contributed by atoms with van der Waals surface area (Å²) in [4.78, 5) is 16.3. The van der Waals surface area contributed by atoms with Crippen LogP contribution in [0.2, 0.25) is 0 Å². The first kappa shape index (κ1) is 25.8. The molecule has 0 aliphatic carbocycles. The summed E-state index contributed by atoms with van der Waals surface area (Å²) in [6.45, 7) is 4.33. The van der Waals surface area contributed by atoms with E-state index in [1.165, 1.54) is 18.1 Å². The van der Waals surface area contributed by atoms with Crippen molar-refractivity contribution in [1.82, 2.24) is 14.5 Å². The summed E-state index contributed by atoms with van der Waals surface area (Å²) in [5.41, 5.74) is 3.86. The van der Waals surface area contributed by atoms with Crippen molar-refractivity contribution in [3.8, 4) is 0 Å². The Morgan fingerprint density at radius 2 is 1.92 bits per heavy atom. The van der Waals surface area contributed by atoms with Gasteiger partial charge in [0.2, 0.25) is 10.0 Å². The van der Waals surface area contributed by atoms with Crippen LogP contribution in [0.15, 0.2) is 58.0 Å². The van der Waals surface area contributed by atoms with E-state index < -0.39 is 16.1 Å². The Hall–Kier alpha value is -2.88. The molecule has 37 heavy (non-hydrogen) atoms. The Morgan fingerprint density at radius 1 is 1.11 bits per heavy atom. The molecule has 2 aliphatic rings. The zero-order valence-electron chi connectivity index (χ0n) is 21.3. The molecule has 0 saturated carbocycles. The molecule has 1 amide bonds. The molecule has 1 N–H and O–H groups in total. The van der Waals surface area contributed by atoms with Crippen LogP contribution in [0.5, 0.6) is 0 Å². The lowest BCUT2D eigenvalue weighted by atomic mass is 9.93. The van der Waals surface area contributed by atoms with Crippen LogP contribution in [0.3, 0.4) is 0 Å². The number of hydrogen-bond acceptors (Lipinski definition) is 6. The fourth-order valence-electron chi connectivity index (χ4n) is 5.59. The summed E-state index contributed by atoms with van der Waals surface area (Å²) in [5, 5.41) is 1.20.